The quantitative estimate of drug-likeness (QED) is 0.637. The Kier molecular flexibility index (Phi) is 5.62. The molecule has 2 N–H and O–H groups in total. The Hall–Kier alpha value is -2.02. The van der Waals surface area contributed by atoms with E-state index in [4.69, 9.17) is 10.5 Å². The van der Waals surface area contributed by atoms with Crippen molar-refractivity contribution in [3.05, 3.63) is 48.2 Å². The van der Waals surface area contributed by atoms with Crippen LogP contribution in [0, 0.1) is 0 Å². The maximum absolute atomic E-state index is 6.29. The highest BCUT2D eigenvalue weighted by Gasteiger charge is 2.27. The van der Waals surface area contributed by atoms with Gasteiger partial charge >= 0.3 is 0 Å². The standard InChI is InChI=1S/C22H28N4OS/c1-22(2,23)14-17-6-3-4-13-26(17)15-16-8-10-18(11-9-16)27-21-25-20-19(28-21)7-5-12-24-20/h5,7-12,17H,3-4,6,13-15,23H2,1-2H3. The summed E-state index contributed by atoms with van der Waals surface area (Å²) >= 11 is 1.51. The van der Waals surface area contributed by atoms with Crippen LogP contribution in [0.25, 0.3) is 10.3 Å². The zero-order valence-electron chi connectivity index (χ0n) is 16.6. The van der Waals surface area contributed by atoms with Crippen LogP contribution in [0.3, 0.4) is 0 Å². The molecule has 1 saturated heterocycles. The smallest absolute Gasteiger partial charge is 0.281 e. The number of hydrogen-bond acceptors (Lipinski definition) is 6. The van der Waals surface area contributed by atoms with Gasteiger partial charge in [0.1, 0.15) is 5.75 Å². The summed E-state index contributed by atoms with van der Waals surface area (Å²) in [7, 11) is 0. The van der Waals surface area contributed by atoms with E-state index in [9.17, 15) is 0 Å². The first kappa shape index (κ1) is 19.3. The van der Waals surface area contributed by atoms with Crippen molar-refractivity contribution in [2.24, 2.45) is 5.73 Å². The number of hydrogen-bond donors (Lipinski definition) is 1. The molecule has 148 valence electrons. The number of likely N-dealkylation sites (tertiary alicyclic amines) is 1. The van der Waals surface area contributed by atoms with Gasteiger partial charge < -0.3 is 10.5 Å². The van der Waals surface area contributed by atoms with Crippen molar-refractivity contribution in [3.63, 3.8) is 0 Å². The van der Waals surface area contributed by atoms with Crippen LogP contribution in [-0.4, -0.2) is 33.0 Å². The molecule has 0 saturated carbocycles. The molecule has 28 heavy (non-hydrogen) atoms. The maximum Gasteiger partial charge on any atom is 0.281 e. The number of ether oxygens (including phenoxy) is 1. The van der Waals surface area contributed by atoms with Crippen molar-refractivity contribution in [3.8, 4) is 10.9 Å². The van der Waals surface area contributed by atoms with E-state index in [1.165, 1.54) is 36.2 Å². The number of nitrogens with zero attached hydrogens (tertiary/aromatic N) is 3. The second-order valence-corrected chi connectivity index (χ2v) is 9.36. The molecule has 2 aromatic heterocycles. The van der Waals surface area contributed by atoms with Crippen LogP contribution in [0.1, 0.15) is 45.1 Å². The third-order valence-corrected chi connectivity index (χ3v) is 6.06. The minimum atomic E-state index is -0.121. The lowest BCUT2D eigenvalue weighted by Crippen LogP contribution is -2.46. The predicted octanol–water partition coefficient (Wildman–Crippen LogP) is 4.97. The summed E-state index contributed by atoms with van der Waals surface area (Å²) in [6, 6.07) is 12.9. The Morgan fingerprint density at radius 3 is 2.79 bits per heavy atom. The van der Waals surface area contributed by atoms with E-state index in [0.29, 0.717) is 11.2 Å². The molecule has 1 unspecified atom stereocenters. The first-order valence-corrected chi connectivity index (χ1v) is 10.8. The van der Waals surface area contributed by atoms with Crippen LogP contribution in [0.4, 0.5) is 0 Å². The van der Waals surface area contributed by atoms with E-state index < -0.39 is 0 Å². The van der Waals surface area contributed by atoms with E-state index in [1.807, 2.05) is 24.3 Å². The number of pyridine rings is 1. The molecule has 0 spiro atoms. The zero-order valence-corrected chi connectivity index (χ0v) is 17.4. The van der Waals surface area contributed by atoms with E-state index in [1.54, 1.807) is 6.20 Å². The zero-order chi connectivity index (χ0) is 19.6. The molecule has 0 bridgehead atoms. The molecule has 3 heterocycles. The predicted molar refractivity (Wildman–Crippen MR) is 115 cm³/mol. The van der Waals surface area contributed by atoms with Crippen LogP contribution in [0.2, 0.25) is 0 Å². The Bertz CT molecular complexity index is 883. The normalized spacial score (nSPS) is 18.5. The molecule has 3 aromatic rings. The van der Waals surface area contributed by atoms with Crippen molar-refractivity contribution in [1.29, 1.82) is 0 Å². The third-order valence-electron chi connectivity index (χ3n) is 5.17. The average Bonchev–Trinajstić information content (AvgIpc) is 3.06. The Labute approximate surface area is 170 Å². The number of rotatable bonds is 6. The number of thiazole rings is 1. The summed E-state index contributed by atoms with van der Waals surface area (Å²) in [6.07, 6.45) is 6.61. The molecule has 6 heteroatoms. The molecule has 1 aromatic carbocycles. The molecule has 0 amide bonds. The first-order chi connectivity index (χ1) is 13.5. The van der Waals surface area contributed by atoms with Gasteiger partial charge in [-0.05, 0) is 69.5 Å². The summed E-state index contributed by atoms with van der Waals surface area (Å²) in [4.78, 5) is 11.3. The van der Waals surface area contributed by atoms with Crippen LogP contribution < -0.4 is 10.5 Å². The van der Waals surface area contributed by atoms with Gasteiger partial charge in [-0.15, -0.1) is 0 Å². The summed E-state index contributed by atoms with van der Waals surface area (Å²) in [5.74, 6) is 0.807. The minimum absolute atomic E-state index is 0.121. The molecule has 1 aliphatic rings. The highest BCUT2D eigenvalue weighted by molar-refractivity contribution is 7.20. The second kappa shape index (κ2) is 8.15. The molecular formula is C22H28N4OS. The highest BCUT2D eigenvalue weighted by Crippen LogP contribution is 2.31. The van der Waals surface area contributed by atoms with Crippen LogP contribution in [-0.2, 0) is 6.54 Å². The molecule has 4 rings (SSSR count). The van der Waals surface area contributed by atoms with Gasteiger partial charge in [0.05, 0.1) is 4.70 Å². The van der Waals surface area contributed by atoms with Crippen molar-refractivity contribution < 1.29 is 4.74 Å². The lowest BCUT2D eigenvalue weighted by Gasteiger charge is -2.39. The highest BCUT2D eigenvalue weighted by atomic mass is 32.1. The van der Waals surface area contributed by atoms with Crippen LogP contribution >= 0.6 is 11.3 Å². The van der Waals surface area contributed by atoms with Crippen molar-refractivity contribution >= 4 is 21.7 Å². The molecule has 1 aliphatic heterocycles. The monoisotopic (exact) mass is 396 g/mol. The molecule has 0 aliphatic carbocycles. The van der Waals surface area contributed by atoms with Gasteiger partial charge in [-0.2, -0.15) is 4.98 Å². The maximum atomic E-state index is 6.29. The summed E-state index contributed by atoms with van der Waals surface area (Å²) in [5.41, 5.74) is 8.21. The molecule has 0 radical (unpaired) electrons. The fourth-order valence-electron chi connectivity index (χ4n) is 3.90. The Morgan fingerprint density at radius 2 is 2.04 bits per heavy atom. The Morgan fingerprint density at radius 1 is 1.21 bits per heavy atom. The van der Waals surface area contributed by atoms with Gasteiger partial charge in [0.2, 0.25) is 0 Å². The minimum Gasteiger partial charge on any atom is -0.431 e. The lowest BCUT2D eigenvalue weighted by molar-refractivity contribution is 0.116. The fourth-order valence-corrected chi connectivity index (χ4v) is 4.69. The fraction of sp³-hybridized carbons (Fsp3) is 0.455. The summed E-state index contributed by atoms with van der Waals surface area (Å²) in [5, 5.41) is 0.628. The van der Waals surface area contributed by atoms with Crippen LogP contribution in [0.5, 0.6) is 10.9 Å². The number of benzene rings is 1. The largest absolute Gasteiger partial charge is 0.431 e. The van der Waals surface area contributed by atoms with E-state index in [2.05, 4.69) is 40.8 Å². The van der Waals surface area contributed by atoms with Gasteiger partial charge in [0.15, 0.2) is 5.65 Å². The lowest BCUT2D eigenvalue weighted by atomic mass is 9.89. The third kappa shape index (κ3) is 4.87. The van der Waals surface area contributed by atoms with Gasteiger partial charge in [-0.1, -0.05) is 29.9 Å². The van der Waals surface area contributed by atoms with Crippen molar-refractivity contribution in [2.45, 2.75) is 57.7 Å². The van der Waals surface area contributed by atoms with E-state index in [0.717, 1.165) is 35.6 Å². The molecule has 5 nitrogen and oxygen atoms in total. The van der Waals surface area contributed by atoms with Crippen molar-refractivity contribution in [2.75, 3.05) is 6.54 Å². The topological polar surface area (TPSA) is 64.3 Å². The Balaban J connectivity index is 1.41. The summed E-state index contributed by atoms with van der Waals surface area (Å²) < 4.78 is 6.97. The summed E-state index contributed by atoms with van der Waals surface area (Å²) in [6.45, 7) is 6.37. The van der Waals surface area contributed by atoms with Crippen molar-refractivity contribution in [1.82, 2.24) is 14.9 Å². The van der Waals surface area contributed by atoms with E-state index in [-0.39, 0.29) is 5.54 Å². The number of piperidine rings is 1. The van der Waals surface area contributed by atoms with Gasteiger partial charge in [0, 0.05) is 24.3 Å². The van der Waals surface area contributed by atoms with Crippen LogP contribution in [0.15, 0.2) is 42.6 Å². The van der Waals surface area contributed by atoms with Gasteiger partial charge in [-0.3, -0.25) is 4.90 Å². The molecule has 1 atom stereocenters. The first-order valence-electron chi connectivity index (χ1n) is 9.98. The van der Waals surface area contributed by atoms with Gasteiger partial charge in [-0.25, -0.2) is 4.98 Å². The number of aromatic nitrogens is 2. The van der Waals surface area contributed by atoms with E-state index >= 15 is 0 Å². The number of fused-ring (bicyclic) bond motifs is 1. The van der Waals surface area contributed by atoms with Gasteiger partial charge in [0.25, 0.3) is 5.19 Å². The number of nitrogens with two attached hydrogens (primary N) is 1. The SMILES string of the molecule is CC(C)(N)CC1CCCCN1Cc1ccc(Oc2nc3ncccc3s2)cc1. The molecular weight excluding hydrogens is 368 g/mol. The average molecular weight is 397 g/mol. The molecule has 1 fully saturated rings. The second-order valence-electron chi connectivity index (χ2n) is 8.36.